The summed E-state index contributed by atoms with van der Waals surface area (Å²) in [6.45, 7) is -1.68. The number of hydrogen-bond donors (Lipinski definition) is 1. The van der Waals surface area contributed by atoms with E-state index in [-0.39, 0.29) is 11.3 Å². The lowest BCUT2D eigenvalue weighted by Crippen LogP contribution is -2.23. The Kier molecular flexibility index (Phi) is 4.55. The number of alkyl halides is 3. The molecule has 1 rings (SSSR count). The SMILES string of the molecule is N#Cc1cc(Br)ccc1NC(=O)OCC(F)(F)F. The van der Waals surface area contributed by atoms with Crippen LogP contribution in [0.3, 0.4) is 0 Å². The van der Waals surface area contributed by atoms with Gasteiger partial charge in [0.2, 0.25) is 0 Å². The van der Waals surface area contributed by atoms with Gasteiger partial charge in [0.15, 0.2) is 6.61 Å². The Morgan fingerprint density at radius 3 is 2.72 bits per heavy atom. The quantitative estimate of drug-likeness (QED) is 0.907. The van der Waals surface area contributed by atoms with Crippen LogP contribution in [-0.2, 0) is 4.74 Å². The Labute approximate surface area is 108 Å². The van der Waals surface area contributed by atoms with Crippen LogP contribution in [0.25, 0.3) is 0 Å². The molecule has 0 aromatic heterocycles. The van der Waals surface area contributed by atoms with Crippen LogP contribution in [0.2, 0.25) is 0 Å². The largest absolute Gasteiger partial charge is 0.440 e. The number of nitrogens with zero attached hydrogens (tertiary/aromatic N) is 1. The summed E-state index contributed by atoms with van der Waals surface area (Å²) in [6.07, 6.45) is -5.86. The van der Waals surface area contributed by atoms with E-state index < -0.39 is 18.9 Å². The number of benzene rings is 1. The molecule has 1 aromatic carbocycles. The minimum Gasteiger partial charge on any atom is -0.440 e. The Morgan fingerprint density at radius 2 is 2.17 bits per heavy atom. The first-order valence-electron chi connectivity index (χ1n) is 4.52. The molecular formula is C10H6BrF3N2O2. The number of amides is 1. The predicted molar refractivity (Wildman–Crippen MR) is 59.9 cm³/mol. The number of hydrogen-bond acceptors (Lipinski definition) is 3. The van der Waals surface area contributed by atoms with E-state index in [2.05, 4.69) is 26.0 Å². The van der Waals surface area contributed by atoms with Gasteiger partial charge in [-0.15, -0.1) is 0 Å². The second-order valence-electron chi connectivity index (χ2n) is 3.12. The van der Waals surface area contributed by atoms with Crippen LogP contribution in [0.1, 0.15) is 5.56 Å². The minimum absolute atomic E-state index is 0.0767. The third-order valence-electron chi connectivity index (χ3n) is 1.71. The highest BCUT2D eigenvalue weighted by Crippen LogP contribution is 2.21. The molecule has 1 aromatic rings. The van der Waals surface area contributed by atoms with Crippen molar-refractivity contribution in [3.8, 4) is 6.07 Å². The molecule has 0 spiro atoms. The van der Waals surface area contributed by atoms with Gasteiger partial charge in [0, 0.05) is 4.47 Å². The molecule has 96 valence electrons. The zero-order valence-electron chi connectivity index (χ0n) is 8.71. The average Bonchev–Trinajstić information content (AvgIpc) is 2.28. The van der Waals surface area contributed by atoms with Gasteiger partial charge in [0.05, 0.1) is 11.3 Å². The molecule has 0 radical (unpaired) electrons. The smallest absolute Gasteiger partial charge is 0.422 e. The molecule has 0 atom stereocenters. The number of rotatable bonds is 2. The Morgan fingerprint density at radius 1 is 1.50 bits per heavy atom. The predicted octanol–water partition coefficient (Wildman–Crippen LogP) is 3.43. The molecule has 0 fully saturated rings. The van der Waals surface area contributed by atoms with E-state index in [0.717, 1.165) is 0 Å². The number of nitriles is 1. The fourth-order valence-corrected chi connectivity index (χ4v) is 1.37. The molecule has 0 saturated heterocycles. The first kappa shape index (κ1) is 14.3. The number of carbonyl (C=O) groups is 1. The Bertz CT molecular complexity index is 497. The van der Waals surface area contributed by atoms with Gasteiger partial charge in [-0.25, -0.2) is 4.79 Å². The van der Waals surface area contributed by atoms with E-state index in [1.54, 1.807) is 6.07 Å². The van der Waals surface area contributed by atoms with Gasteiger partial charge < -0.3 is 4.74 Å². The molecule has 18 heavy (non-hydrogen) atoms. The van der Waals surface area contributed by atoms with Crippen molar-refractivity contribution in [2.45, 2.75) is 6.18 Å². The molecule has 8 heteroatoms. The zero-order chi connectivity index (χ0) is 13.8. The normalized spacial score (nSPS) is 10.6. The fourth-order valence-electron chi connectivity index (χ4n) is 1.01. The lowest BCUT2D eigenvalue weighted by Gasteiger charge is -2.10. The Hall–Kier alpha value is -1.75. The van der Waals surface area contributed by atoms with Crippen LogP contribution in [-0.4, -0.2) is 18.9 Å². The number of halogens is 4. The summed E-state index contributed by atoms with van der Waals surface area (Å²) in [6, 6.07) is 6.11. The number of nitrogens with one attached hydrogen (secondary N) is 1. The molecule has 0 heterocycles. The molecule has 0 aliphatic rings. The van der Waals surface area contributed by atoms with Crippen molar-refractivity contribution in [3.63, 3.8) is 0 Å². The monoisotopic (exact) mass is 322 g/mol. The van der Waals surface area contributed by atoms with Crippen molar-refractivity contribution in [2.75, 3.05) is 11.9 Å². The van der Waals surface area contributed by atoms with Crippen molar-refractivity contribution in [1.82, 2.24) is 0 Å². The van der Waals surface area contributed by atoms with Crippen LogP contribution in [0.4, 0.5) is 23.7 Å². The maximum absolute atomic E-state index is 11.8. The third-order valence-corrected chi connectivity index (χ3v) is 2.20. The van der Waals surface area contributed by atoms with E-state index in [9.17, 15) is 18.0 Å². The molecule has 0 saturated carbocycles. The highest BCUT2D eigenvalue weighted by atomic mass is 79.9. The molecular weight excluding hydrogens is 317 g/mol. The first-order valence-corrected chi connectivity index (χ1v) is 5.31. The van der Waals surface area contributed by atoms with Crippen LogP contribution in [0.15, 0.2) is 22.7 Å². The van der Waals surface area contributed by atoms with Gasteiger partial charge in [-0.3, -0.25) is 5.32 Å². The molecule has 0 unspecified atom stereocenters. The lowest BCUT2D eigenvalue weighted by molar-refractivity contribution is -0.159. The van der Waals surface area contributed by atoms with Crippen LogP contribution >= 0.6 is 15.9 Å². The molecule has 1 amide bonds. The van der Waals surface area contributed by atoms with Gasteiger partial charge in [-0.2, -0.15) is 18.4 Å². The van der Waals surface area contributed by atoms with Crippen LogP contribution in [0, 0.1) is 11.3 Å². The summed E-state index contributed by atoms with van der Waals surface area (Å²) in [4.78, 5) is 11.1. The highest BCUT2D eigenvalue weighted by molar-refractivity contribution is 9.10. The van der Waals surface area contributed by atoms with E-state index >= 15 is 0 Å². The second kappa shape index (κ2) is 5.73. The maximum atomic E-state index is 11.8. The van der Waals surface area contributed by atoms with Gasteiger partial charge >= 0.3 is 12.3 Å². The van der Waals surface area contributed by atoms with Gasteiger partial charge in [-0.05, 0) is 18.2 Å². The summed E-state index contributed by atoms with van der Waals surface area (Å²) in [7, 11) is 0. The average molecular weight is 323 g/mol. The van der Waals surface area contributed by atoms with E-state index in [4.69, 9.17) is 5.26 Å². The topological polar surface area (TPSA) is 62.1 Å². The van der Waals surface area contributed by atoms with Crippen molar-refractivity contribution < 1.29 is 22.7 Å². The molecule has 0 aliphatic heterocycles. The summed E-state index contributed by atoms with van der Waals surface area (Å²) in [5, 5.41) is 10.8. The number of carbonyl (C=O) groups excluding carboxylic acids is 1. The first-order chi connectivity index (χ1) is 8.31. The van der Waals surface area contributed by atoms with Crippen LogP contribution in [0.5, 0.6) is 0 Å². The maximum Gasteiger partial charge on any atom is 0.422 e. The molecule has 0 bridgehead atoms. The summed E-state index contributed by atoms with van der Waals surface area (Å²) >= 11 is 3.12. The summed E-state index contributed by atoms with van der Waals surface area (Å²) in [5.74, 6) is 0. The van der Waals surface area contributed by atoms with Crippen molar-refractivity contribution in [3.05, 3.63) is 28.2 Å². The van der Waals surface area contributed by atoms with Gasteiger partial charge in [0.25, 0.3) is 0 Å². The van der Waals surface area contributed by atoms with Gasteiger partial charge in [0.1, 0.15) is 6.07 Å². The van der Waals surface area contributed by atoms with E-state index in [1.165, 1.54) is 18.2 Å². The zero-order valence-corrected chi connectivity index (χ0v) is 10.3. The minimum atomic E-state index is -4.59. The van der Waals surface area contributed by atoms with Crippen molar-refractivity contribution in [1.29, 1.82) is 5.26 Å². The molecule has 1 N–H and O–H groups in total. The molecule has 0 aliphatic carbocycles. The third kappa shape index (κ3) is 4.63. The number of anilines is 1. The van der Waals surface area contributed by atoms with E-state index in [0.29, 0.717) is 4.47 Å². The summed E-state index contributed by atoms with van der Waals surface area (Å²) in [5.41, 5.74) is 0.182. The summed E-state index contributed by atoms with van der Waals surface area (Å²) < 4.78 is 39.9. The fraction of sp³-hybridized carbons (Fsp3) is 0.200. The second-order valence-corrected chi connectivity index (χ2v) is 4.03. The lowest BCUT2D eigenvalue weighted by atomic mass is 10.2. The number of ether oxygens (including phenoxy) is 1. The van der Waals surface area contributed by atoms with E-state index in [1.807, 2.05) is 0 Å². The van der Waals surface area contributed by atoms with Gasteiger partial charge in [-0.1, -0.05) is 15.9 Å². The van der Waals surface area contributed by atoms with Crippen molar-refractivity contribution >= 4 is 27.7 Å². The Balaban J connectivity index is 2.68. The van der Waals surface area contributed by atoms with Crippen LogP contribution < -0.4 is 5.32 Å². The standard InChI is InChI=1S/C10H6BrF3N2O2/c11-7-1-2-8(6(3-7)4-15)16-9(17)18-5-10(12,13)14/h1-3H,5H2,(H,16,17). The van der Waals surface area contributed by atoms with Crippen molar-refractivity contribution in [2.24, 2.45) is 0 Å². The molecule has 4 nitrogen and oxygen atoms in total. The highest BCUT2D eigenvalue weighted by Gasteiger charge is 2.29.